The van der Waals surface area contributed by atoms with E-state index in [2.05, 4.69) is 4.90 Å². The summed E-state index contributed by atoms with van der Waals surface area (Å²) in [4.78, 5) is 16.7. The number of carbonyl (C=O) groups is 1. The van der Waals surface area contributed by atoms with Gasteiger partial charge in [-0.15, -0.1) is 0 Å². The molecule has 150 valence electrons. The van der Waals surface area contributed by atoms with Crippen molar-refractivity contribution in [2.24, 2.45) is 0 Å². The van der Waals surface area contributed by atoms with Gasteiger partial charge in [0.1, 0.15) is 12.4 Å². The van der Waals surface area contributed by atoms with E-state index in [9.17, 15) is 17.6 Å². The number of likely N-dealkylation sites (N-methyl/N-ethyl adjacent to an activating group) is 1. The van der Waals surface area contributed by atoms with Crippen LogP contribution in [-0.4, -0.2) is 63.9 Å². The lowest BCUT2D eigenvalue weighted by molar-refractivity contribution is -0.131. The molecule has 0 spiro atoms. The zero-order chi connectivity index (χ0) is 20.3. The first kappa shape index (κ1) is 20.3. The standard InChI is InChI=1S/C20H24FN3O3S/c1-16-3-9-19(10-4-16)28(26,27)24(18-7-5-17(21)6-8-18)15-20(25)23-13-11-22(2)12-14-23/h3-10H,11-15H2,1-2H3. The molecule has 0 aliphatic carbocycles. The Kier molecular flexibility index (Phi) is 6.00. The molecule has 1 aliphatic heterocycles. The smallest absolute Gasteiger partial charge is 0.264 e. The van der Waals surface area contributed by atoms with Crippen molar-refractivity contribution < 1.29 is 17.6 Å². The molecule has 0 atom stereocenters. The molecule has 0 N–H and O–H groups in total. The van der Waals surface area contributed by atoms with Gasteiger partial charge in [0.05, 0.1) is 10.6 Å². The number of hydrogen-bond donors (Lipinski definition) is 0. The predicted octanol–water partition coefficient (Wildman–Crippen LogP) is 2.10. The molecule has 0 aromatic heterocycles. The van der Waals surface area contributed by atoms with Crippen LogP contribution in [-0.2, 0) is 14.8 Å². The minimum absolute atomic E-state index is 0.0913. The zero-order valence-corrected chi connectivity index (χ0v) is 16.8. The average Bonchev–Trinajstić information content (AvgIpc) is 2.67. The molecule has 3 rings (SSSR count). The van der Waals surface area contributed by atoms with Gasteiger partial charge in [0, 0.05) is 26.2 Å². The number of carbonyl (C=O) groups excluding carboxylic acids is 1. The highest BCUT2D eigenvalue weighted by atomic mass is 32.2. The van der Waals surface area contributed by atoms with Crippen LogP contribution in [0, 0.1) is 12.7 Å². The largest absolute Gasteiger partial charge is 0.339 e. The number of amides is 1. The highest BCUT2D eigenvalue weighted by molar-refractivity contribution is 7.92. The van der Waals surface area contributed by atoms with Crippen LogP contribution >= 0.6 is 0 Å². The van der Waals surface area contributed by atoms with Gasteiger partial charge >= 0.3 is 0 Å². The first-order chi connectivity index (χ1) is 13.3. The van der Waals surface area contributed by atoms with E-state index in [4.69, 9.17) is 0 Å². The van der Waals surface area contributed by atoms with Crippen LogP contribution in [0.5, 0.6) is 0 Å². The van der Waals surface area contributed by atoms with Gasteiger partial charge in [-0.3, -0.25) is 9.10 Å². The first-order valence-corrected chi connectivity index (χ1v) is 10.5. The molecule has 0 unspecified atom stereocenters. The quantitative estimate of drug-likeness (QED) is 0.765. The summed E-state index contributed by atoms with van der Waals surface area (Å²) in [6.07, 6.45) is 0. The van der Waals surface area contributed by atoms with Crippen molar-refractivity contribution in [3.63, 3.8) is 0 Å². The van der Waals surface area contributed by atoms with E-state index in [1.54, 1.807) is 17.0 Å². The highest BCUT2D eigenvalue weighted by Gasteiger charge is 2.29. The fraction of sp³-hybridized carbons (Fsp3) is 0.350. The minimum atomic E-state index is -3.98. The molecule has 1 aliphatic rings. The average molecular weight is 405 g/mol. The summed E-state index contributed by atoms with van der Waals surface area (Å²) in [6.45, 7) is 4.13. The molecule has 0 bridgehead atoms. The Bertz CT molecular complexity index is 922. The molecule has 28 heavy (non-hydrogen) atoms. The number of halogens is 1. The maximum Gasteiger partial charge on any atom is 0.264 e. The van der Waals surface area contributed by atoms with Gasteiger partial charge < -0.3 is 9.80 Å². The number of rotatable bonds is 5. The van der Waals surface area contributed by atoms with Crippen molar-refractivity contribution in [2.45, 2.75) is 11.8 Å². The third-order valence-electron chi connectivity index (χ3n) is 4.86. The van der Waals surface area contributed by atoms with Crippen LogP contribution in [0.3, 0.4) is 0 Å². The third-order valence-corrected chi connectivity index (χ3v) is 6.65. The molecule has 1 heterocycles. The highest BCUT2D eigenvalue weighted by Crippen LogP contribution is 2.24. The normalized spacial score (nSPS) is 15.5. The van der Waals surface area contributed by atoms with E-state index in [0.29, 0.717) is 13.1 Å². The van der Waals surface area contributed by atoms with E-state index in [1.807, 2.05) is 14.0 Å². The maximum atomic E-state index is 13.4. The summed E-state index contributed by atoms with van der Waals surface area (Å²) in [5, 5.41) is 0. The number of aryl methyl sites for hydroxylation is 1. The Morgan fingerprint density at radius 2 is 1.57 bits per heavy atom. The van der Waals surface area contributed by atoms with Crippen molar-refractivity contribution >= 4 is 21.6 Å². The SMILES string of the molecule is Cc1ccc(S(=O)(=O)N(CC(=O)N2CCN(C)CC2)c2ccc(F)cc2)cc1. The molecule has 6 nitrogen and oxygen atoms in total. The lowest BCUT2D eigenvalue weighted by Gasteiger charge is -2.34. The van der Waals surface area contributed by atoms with Crippen molar-refractivity contribution in [1.29, 1.82) is 0 Å². The zero-order valence-electron chi connectivity index (χ0n) is 16.0. The molecule has 2 aromatic carbocycles. The van der Waals surface area contributed by atoms with Crippen molar-refractivity contribution in [3.8, 4) is 0 Å². The molecule has 8 heteroatoms. The van der Waals surface area contributed by atoms with Crippen molar-refractivity contribution in [2.75, 3.05) is 44.1 Å². The molecule has 1 amide bonds. The van der Waals surface area contributed by atoms with E-state index in [-0.39, 0.29) is 23.0 Å². The predicted molar refractivity (Wildman–Crippen MR) is 106 cm³/mol. The maximum absolute atomic E-state index is 13.4. The van der Waals surface area contributed by atoms with Crippen LogP contribution in [0.1, 0.15) is 5.56 Å². The molecule has 0 saturated carbocycles. The lowest BCUT2D eigenvalue weighted by atomic mass is 10.2. The van der Waals surface area contributed by atoms with Crippen molar-refractivity contribution in [1.82, 2.24) is 9.80 Å². The Morgan fingerprint density at radius 1 is 1.00 bits per heavy atom. The molecular weight excluding hydrogens is 381 g/mol. The monoisotopic (exact) mass is 405 g/mol. The number of nitrogens with zero attached hydrogens (tertiary/aromatic N) is 3. The number of benzene rings is 2. The minimum Gasteiger partial charge on any atom is -0.339 e. The lowest BCUT2D eigenvalue weighted by Crippen LogP contribution is -2.50. The second-order valence-corrected chi connectivity index (χ2v) is 8.85. The Labute approximate surface area is 165 Å². The molecule has 0 radical (unpaired) electrons. The number of anilines is 1. The fourth-order valence-corrected chi connectivity index (χ4v) is 4.45. The summed E-state index contributed by atoms with van der Waals surface area (Å²) in [7, 11) is -1.99. The van der Waals surface area contributed by atoms with Gasteiger partial charge in [-0.05, 0) is 50.4 Å². The summed E-state index contributed by atoms with van der Waals surface area (Å²) in [6, 6.07) is 11.6. The second-order valence-electron chi connectivity index (χ2n) is 6.99. The van der Waals surface area contributed by atoms with Gasteiger partial charge in [0.2, 0.25) is 5.91 Å². The van der Waals surface area contributed by atoms with E-state index in [0.717, 1.165) is 23.0 Å². The number of hydrogen-bond acceptors (Lipinski definition) is 4. The van der Waals surface area contributed by atoms with Gasteiger partial charge in [0.15, 0.2) is 0 Å². The third kappa shape index (κ3) is 4.51. The summed E-state index contributed by atoms with van der Waals surface area (Å²) in [5.41, 5.74) is 1.19. The topological polar surface area (TPSA) is 60.9 Å². The molecule has 1 fully saturated rings. The number of sulfonamides is 1. The summed E-state index contributed by atoms with van der Waals surface area (Å²) >= 11 is 0. The molecular formula is C20H24FN3O3S. The second kappa shape index (κ2) is 8.28. The van der Waals surface area contributed by atoms with Crippen LogP contribution in [0.2, 0.25) is 0 Å². The Morgan fingerprint density at radius 3 is 2.14 bits per heavy atom. The summed E-state index contributed by atoms with van der Waals surface area (Å²) < 4.78 is 40.9. The van der Waals surface area contributed by atoms with Crippen molar-refractivity contribution in [3.05, 3.63) is 59.9 Å². The van der Waals surface area contributed by atoms with Crippen LogP contribution in [0.25, 0.3) is 0 Å². The van der Waals surface area contributed by atoms with Gasteiger partial charge in [0.25, 0.3) is 10.0 Å². The number of piperazine rings is 1. The molecule has 2 aromatic rings. The van der Waals surface area contributed by atoms with Gasteiger partial charge in [-0.2, -0.15) is 0 Å². The Hall–Kier alpha value is -2.45. The van der Waals surface area contributed by atoms with E-state index >= 15 is 0 Å². The van der Waals surface area contributed by atoms with Crippen LogP contribution in [0.4, 0.5) is 10.1 Å². The summed E-state index contributed by atoms with van der Waals surface area (Å²) in [5.74, 6) is -0.741. The van der Waals surface area contributed by atoms with Gasteiger partial charge in [-0.25, -0.2) is 12.8 Å². The van der Waals surface area contributed by atoms with Crippen LogP contribution in [0.15, 0.2) is 53.4 Å². The van der Waals surface area contributed by atoms with Crippen LogP contribution < -0.4 is 4.31 Å². The fourth-order valence-electron chi connectivity index (χ4n) is 3.04. The molecule has 1 saturated heterocycles. The first-order valence-electron chi connectivity index (χ1n) is 9.08. The van der Waals surface area contributed by atoms with E-state index in [1.165, 1.54) is 36.4 Å². The van der Waals surface area contributed by atoms with Gasteiger partial charge in [-0.1, -0.05) is 17.7 Å². The Balaban J connectivity index is 1.92. The van der Waals surface area contributed by atoms with E-state index < -0.39 is 15.8 Å².